The molecule has 1 aromatic carbocycles. The van der Waals surface area contributed by atoms with E-state index in [-0.39, 0.29) is 17.0 Å². The molecule has 2 aromatic rings. The number of carbonyl (C=O) groups is 1. The van der Waals surface area contributed by atoms with Crippen LogP contribution in [-0.4, -0.2) is 25.7 Å². The van der Waals surface area contributed by atoms with E-state index in [1.807, 2.05) is 33.8 Å². The van der Waals surface area contributed by atoms with Crippen LogP contribution < -0.4 is 10.6 Å². The largest absolute Gasteiger partial charge is 0.331 e. The number of sulfone groups is 1. The first-order valence-corrected chi connectivity index (χ1v) is 9.79. The molecule has 0 aliphatic rings. The van der Waals surface area contributed by atoms with Crippen molar-refractivity contribution in [1.82, 2.24) is 10.3 Å². The molecular weight excluding hydrogens is 338 g/mol. The Balaban J connectivity index is 2.08. The molecule has 2 N–H and O–H groups in total. The van der Waals surface area contributed by atoms with Crippen molar-refractivity contribution >= 4 is 21.6 Å². The molecule has 2 rings (SSSR count). The van der Waals surface area contributed by atoms with Gasteiger partial charge in [-0.25, -0.2) is 13.2 Å². The van der Waals surface area contributed by atoms with Gasteiger partial charge in [0.2, 0.25) is 0 Å². The third-order valence-corrected chi connectivity index (χ3v) is 5.05. The van der Waals surface area contributed by atoms with E-state index in [1.54, 1.807) is 24.3 Å². The molecule has 0 aliphatic carbocycles. The summed E-state index contributed by atoms with van der Waals surface area (Å²) in [6.45, 7) is 7.52. The fraction of sp³-hybridized carbons (Fsp3) is 0.333. The number of carbonyl (C=O) groups excluding carboxylic acids is 1. The Bertz CT molecular complexity index is 867. The molecular formula is C18H23N3O3S. The molecule has 25 heavy (non-hydrogen) atoms. The summed E-state index contributed by atoms with van der Waals surface area (Å²) in [5.41, 5.74) is 4.13. The van der Waals surface area contributed by atoms with E-state index in [1.165, 1.54) is 0 Å². The van der Waals surface area contributed by atoms with E-state index in [2.05, 4.69) is 15.6 Å². The summed E-state index contributed by atoms with van der Waals surface area (Å²) in [6, 6.07) is 7.79. The molecule has 7 heteroatoms. The first-order valence-electron chi connectivity index (χ1n) is 7.90. The van der Waals surface area contributed by atoms with Crippen LogP contribution in [0.1, 0.15) is 35.5 Å². The van der Waals surface area contributed by atoms with Crippen LogP contribution in [0.15, 0.2) is 35.2 Å². The monoisotopic (exact) mass is 361 g/mol. The highest BCUT2D eigenvalue weighted by atomic mass is 32.2. The van der Waals surface area contributed by atoms with Gasteiger partial charge in [-0.3, -0.25) is 4.98 Å². The van der Waals surface area contributed by atoms with Crippen LogP contribution in [0.2, 0.25) is 0 Å². The lowest BCUT2D eigenvalue weighted by Gasteiger charge is -2.17. The maximum absolute atomic E-state index is 12.3. The molecule has 1 atom stereocenters. The smallest absolute Gasteiger partial charge is 0.319 e. The summed E-state index contributed by atoms with van der Waals surface area (Å²) in [5, 5.41) is 5.68. The molecule has 0 unspecified atom stereocenters. The Hall–Kier alpha value is -2.41. The average molecular weight is 361 g/mol. The van der Waals surface area contributed by atoms with Crippen molar-refractivity contribution in [3.63, 3.8) is 0 Å². The SMILES string of the molecule is Cc1cc(C)c(NC(=O)N[C@@H](C)c2ccc(S(C)(=O)=O)cc2)c(C)n1. The highest BCUT2D eigenvalue weighted by molar-refractivity contribution is 7.90. The van der Waals surface area contributed by atoms with Crippen LogP contribution >= 0.6 is 0 Å². The lowest BCUT2D eigenvalue weighted by Crippen LogP contribution is -2.31. The Morgan fingerprint density at radius 1 is 1.12 bits per heavy atom. The molecule has 0 radical (unpaired) electrons. The Labute approximate surface area is 148 Å². The summed E-state index contributed by atoms with van der Waals surface area (Å²) in [6.07, 6.45) is 1.16. The topological polar surface area (TPSA) is 88.2 Å². The summed E-state index contributed by atoms with van der Waals surface area (Å²) < 4.78 is 23.0. The number of aryl methyl sites for hydroxylation is 3. The van der Waals surface area contributed by atoms with Crippen molar-refractivity contribution in [2.75, 3.05) is 11.6 Å². The number of nitrogens with zero attached hydrogens (tertiary/aromatic N) is 1. The molecule has 2 amide bonds. The minimum atomic E-state index is -3.23. The van der Waals surface area contributed by atoms with Crippen molar-refractivity contribution in [3.05, 3.63) is 52.8 Å². The number of benzene rings is 1. The fourth-order valence-electron chi connectivity index (χ4n) is 2.65. The van der Waals surface area contributed by atoms with Crippen molar-refractivity contribution < 1.29 is 13.2 Å². The minimum Gasteiger partial charge on any atom is -0.331 e. The van der Waals surface area contributed by atoms with Gasteiger partial charge in [-0.05, 0) is 57.0 Å². The van der Waals surface area contributed by atoms with Crippen LogP contribution in [-0.2, 0) is 9.84 Å². The summed E-state index contributed by atoms with van der Waals surface area (Å²) >= 11 is 0. The molecule has 0 fully saturated rings. The van der Waals surface area contributed by atoms with E-state index >= 15 is 0 Å². The predicted octanol–water partition coefficient (Wildman–Crippen LogP) is 3.29. The van der Waals surface area contributed by atoms with E-state index in [0.29, 0.717) is 5.69 Å². The van der Waals surface area contributed by atoms with Gasteiger partial charge in [0.1, 0.15) is 0 Å². The highest BCUT2D eigenvalue weighted by Gasteiger charge is 2.14. The van der Waals surface area contributed by atoms with Gasteiger partial charge >= 0.3 is 6.03 Å². The fourth-order valence-corrected chi connectivity index (χ4v) is 3.28. The molecule has 0 bridgehead atoms. The number of hydrogen-bond acceptors (Lipinski definition) is 4. The first-order chi connectivity index (χ1) is 11.6. The van der Waals surface area contributed by atoms with Gasteiger partial charge in [0.25, 0.3) is 0 Å². The average Bonchev–Trinajstić information content (AvgIpc) is 2.50. The van der Waals surface area contributed by atoms with Gasteiger partial charge in [0.15, 0.2) is 9.84 Å². The van der Waals surface area contributed by atoms with E-state index < -0.39 is 9.84 Å². The molecule has 0 saturated heterocycles. The first kappa shape index (κ1) is 18.9. The Morgan fingerprint density at radius 3 is 2.24 bits per heavy atom. The third-order valence-electron chi connectivity index (χ3n) is 3.92. The number of amides is 2. The molecule has 0 spiro atoms. The van der Waals surface area contributed by atoms with E-state index in [9.17, 15) is 13.2 Å². The second-order valence-electron chi connectivity index (χ2n) is 6.20. The number of pyridine rings is 1. The maximum atomic E-state index is 12.3. The van der Waals surface area contributed by atoms with Crippen LogP contribution in [0, 0.1) is 20.8 Å². The Morgan fingerprint density at radius 2 is 1.72 bits per heavy atom. The second-order valence-corrected chi connectivity index (χ2v) is 8.22. The third kappa shape index (κ3) is 4.79. The number of nitrogens with one attached hydrogen (secondary N) is 2. The van der Waals surface area contributed by atoms with Crippen LogP contribution in [0.5, 0.6) is 0 Å². The van der Waals surface area contributed by atoms with E-state index in [4.69, 9.17) is 0 Å². The zero-order chi connectivity index (χ0) is 18.8. The Kier molecular flexibility index (Phi) is 5.47. The molecule has 0 saturated carbocycles. The lowest BCUT2D eigenvalue weighted by molar-refractivity contribution is 0.249. The minimum absolute atomic E-state index is 0.255. The number of hydrogen-bond donors (Lipinski definition) is 2. The molecule has 1 aromatic heterocycles. The van der Waals surface area contributed by atoms with Gasteiger partial charge < -0.3 is 10.6 Å². The number of rotatable bonds is 4. The zero-order valence-electron chi connectivity index (χ0n) is 15.0. The molecule has 134 valence electrons. The van der Waals surface area contributed by atoms with Crippen molar-refractivity contribution in [2.45, 2.75) is 38.6 Å². The van der Waals surface area contributed by atoms with Crippen molar-refractivity contribution in [1.29, 1.82) is 0 Å². The number of aromatic nitrogens is 1. The van der Waals surface area contributed by atoms with Gasteiger partial charge in [-0.15, -0.1) is 0 Å². The van der Waals surface area contributed by atoms with Crippen LogP contribution in [0.4, 0.5) is 10.5 Å². The molecule has 6 nitrogen and oxygen atoms in total. The lowest BCUT2D eigenvalue weighted by atomic mass is 10.1. The zero-order valence-corrected chi connectivity index (χ0v) is 15.9. The van der Waals surface area contributed by atoms with Gasteiger partial charge in [-0.1, -0.05) is 12.1 Å². The van der Waals surface area contributed by atoms with Gasteiger partial charge in [0, 0.05) is 11.9 Å². The predicted molar refractivity (Wildman–Crippen MR) is 98.6 cm³/mol. The van der Waals surface area contributed by atoms with Crippen molar-refractivity contribution in [2.24, 2.45) is 0 Å². The second kappa shape index (κ2) is 7.23. The standard InChI is InChI=1S/C18H23N3O3S/c1-11-10-12(2)19-14(4)17(11)21-18(22)20-13(3)15-6-8-16(9-7-15)25(5,23)24/h6-10,13H,1-5H3,(H2,20,21,22)/t13-/m0/s1. The summed E-state index contributed by atoms with van der Waals surface area (Å²) in [4.78, 5) is 16.9. The molecule has 1 heterocycles. The van der Waals surface area contributed by atoms with Crippen LogP contribution in [0.25, 0.3) is 0 Å². The molecule has 0 aliphatic heterocycles. The normalized spacial score (nSPS) is 12.5. The number of anilines is 1. The highest BCUT2D eigenvalue weighted by Crippen LogP contribution is 2.20. The van der Waals surface area contributed by atoms with Gasteiger partial charge in [-0.2, -0.15) is 0 Å². The van der Waals surface area contributed by atoms with Crippen molar-refractivity contribution in [3.8, 4) is 0 Å². The number of urea groups is 1. The summed E-state index contributed by atoms with van der Waals surface area (Å²) in [5.74, 6) is 0. The summed E-state index contributed by atoms with van der Waals surface area (Å²) in [7, 11) is -3.23. The maximum Gasteiger partial charge on any atom is 0.319 e. The van der Waals surface area contributed by atoms with E-state index in [0.717, 1.165) is 28.8 Å². The van der Waals surface area contributed by atoms with Crippen LogP contribution in [0.3, 0.4) is 0 Å². The quantitative estimate of drug-likeness (QED) is 0.874. The van der Waals surface area contributed by atoms with Gasteiger partial charge in [0.05, 0.1) is 22.3 Å².